The van der Waals surface area contributed by atoms with E-state index in [1.807, 2.05) is 18.2 Å². The molecule has 5 rings (SSSR count). The normalized spacial score (nSPS) is 15.2. The maximum absolute atomic E-state index is 14.2. The molecule has 0 saturated heterocycles. The summed E-state index contributed by atoms with van der Waals surface area (Å²) in [5, 5.41) is 11.5. The largest absolute Gasteiger partial charge is 0.464 e. The summed E-state index contributed by atoms with van der Waals surface area (Å²) in [6, 6.07) is 15.5. The van der Waals surface area contributed by atoms with Gasteiger partial charge >= 0.3 is 0 Å². The van der Waals surface area contributed by atoms with E-state index in [0.29, 0.717) is 28.2 Å². The minimum Gasteiger partial charge on any atom is -0.464 e. The van der Waals surface area contributed by atoms with Gasteiger partial charge in [0.05, 0.1) is 10.4 Å². The molecule has 0 spiro atoms. The van der Waals surface area contributed by atoms with E-state index < -0.39 is 22.0 Å². The van der Waals surface area contributed by atoms with Gasteiger partial charge in [0.25, 0.3) is 5.91 Å². The van der Waals surface area contributed by atoms with Crippen molar-refractivity contribution in [3.63, 3.8) is 0 Å². The average Bonchev–Trinajstić information content (AvgIpc) is 3.58. The van der Waals surface area contributed by atoms with Crippen LogP contribution in [0.5, 0.6) is 0 Å². The molecule has 216 valence electrons. The molecule has 1 atom stereocenters. The van der Waals surface area contributed by atoms with Crippen molar-refractivity contribution < 1.29 is 22.4 Å². The van der Waals surface area contributed by atoms with E-state index >= 15 is 0 Å². The molecule has 2 heterocycles. The van der Waals surface area contributed by atoms with Gasteiger partial charge in [0.1, 0.15) is 23.6 Å². The van der Waals surface area contributed by atoms with Crippen molar-refractivity contribution in [1.82, 2.24) is 24.6 Å². The first-order valence-corrected chi connectivity index (χ1v) is 15.1. The molecule has 2 aromatic heterocycles. The van der Waals surface area contributed by atoms with Crippen LogP contribution in [-0.4, -0.2) is 59.7 Å². The van der Waals surface area contributed by atoms with E-state index in [1.54, 1.807) is 25.1 Å². The summed E-state index contributed by atoms with van der Waals surface area (Å²) < 4.78 is 34.0. The van der Waals surface area contributed by atoms with Crippen LogP contribution in [0.15, 0.2) is 70.0 Å². The second-order valence-corrected chi connectivity index (χ2v) is 12.6. The molecule has 1 aliphatic carbocycles. The van der Waals surface area contributed by atoms with Gasteiger partial charge in [0.2, 0.25) is 15.9 Å². The number of carbonyl (C=O) groups is 2. The Bertz CT molecular complexity index is 1640. The summed E-state index contributed by atoms with van der Waals surface area (Å²) in [6.07, 6.45) is 4.92. The van der Waals surface area contributed by atoms with Gasteiger partial charge in [-0.15, -0.1) is 5.10 Å². The number of rotatable bonds is 9. The number of para-hydroxylation sites is 1. The fraction of sp³-hybridized carbons (Fsp3) is 0.379. The molecule has 4 aromatic rings. The number of hydrogen-bond donors (Lipinski definition) is 1. The van der Waals surface area contributed by atoms with Crippen LogP contribution in [-0.2, 0) is 26.2 Å². The second kappa shape index (κ2) is 11.8. The monoisotopic (exact) mass is 578 g/mol. The van der Waals surface area contributed by atoms with Gasteiger partial charge in [-0.1, -0.05) is 36.6 Å². The number of nitrogens with zero attached hydrogens (tertiary/aromatic N) is 5. The van der Waals surface area contributed by atoms with Crippen LogP contribution >= 0.6 is 0 Å². The second-order valence-electron chi connectivity index (χ2n) is 10.5. The van der Waals surface area contributed by atoms with Crippen LogP contribution in [0, 0.1) is 6.92 Å². The van der Waals surface area contributed by atoms with Crippen molar-refractivity contribution in [3.05, 3.63) is 72.2 Å². The van der Waals surface area contributed by atoms with Gasteiger partial charge in [0.15, 0.2) is 6.04 Å². The van der Waals surface area contributed by atoms with Crippen molar-refractivity contribution in [1.29, 1.82) is 0 Å². The summed E-state index contributed by atoms with van der Waals surface area (Å²) in [5.74, 6) is 0.0879. The molecule has 0 bridgehead atoms. The molecule has 1 aliphatic rings. The number of anilines is 1. The Morgan fingerprint density at radius 3 is 2.39 bits per heavy atom. The number of aromatic nitrogens is 3. The number of hydrogen-bond acceptors (Lipinski definition) is 7. The van der Waals surface area contributed by atoms with Crippen LogP contribution in [0.4, 0.5) is 5.69 Å². The third-order valence-corrected chi connectivity index (χ3v) is 9.19. The van der Waals surface area contributed by atoms with Crippen molar-refractivity contribution in [2.24, 2.45) is 0 Å². The first-order chi connectivity index (χ1) is 19.6. The first-order valence-electron chi connectivity index (χ1n) is 13.6. The van der Waals surface area contributed by atoms with Gasteiger partial charge < -0.3 is 9.73 Å². The molecule has 2 aromatic carbocycles. The highest BCUT2D eigenvalue weighted by Gasteiger charge is 2.37. The smallest absolute Gasteiger partial charge is 0.251 e. The topological polar surface area (TPSA) is 131 Å². The molecule has 1 saturated carbocycles. The zero-order chi connectivity index (χ0) is 29.1. The van der Waals surface area contributed by atoms with E-state index in [1.165, 1.54) is 47.9 Å². The third-order valence-electron chi connectivity index (χ3n) is 7.36. The Balaban J connectivity index is 1.57. The Labute approximate surface area is 239 Å². The van der Waals surface area contributed by atoms with Crippen molar-refractivity contribution in [2.45, 2.75) is 62.6 Å². The Morgan fingerprint density at radius 1 is 1.02 bits per heavy atom. The molecule has 2 amide bonds. The SMILES string of the molecule is Cc1ccc([C@@H](C(=O)NC2CCCCC2)N(C(=O)Cn2nnc3ccccc32)c2ccc(S(=O)(=O)N(C)C)cc2)o1. The van der Waals surface area contributed by atoms with E-state index in [9.17, 15) is 18.0 Å². The lowest BCUT2D eigenvalue weighted by Gasteiger charge is -2.32. The van der Waals surface area contributed by atoms with Crippen molar-refractivity contribution >= 4 is 38.6 Å². The van der Waals surface area contributed by atoms with Crippen LogP contribution in [0.25, 0.3) is 11.0 Å². The minimum absolute atomic E-state index is 0.00127. The van der Waals surface area contributed by atoms with Gasteiger partial charge in [-0.3, -0.25) is 14.5 Å². The molecular formula is C29H34N6O5S. The van der Waals surface area contributed by atoms with Crippen LogP contribution in [0.1, 0.15) is 49.7 Å². The van der Waals surface area contributed by atoms with Gasteiger partial charge in [-0.05, 0) is 68.3 Å². The fourth-order valence-corrected chi connectivity index (χ4v) is 6.07. The number of benzene rings is 2. The molecule has 0 unspecified atom stereocenters. The predicted octanol–water partition coefficient (Wildman–Crippen LogP) is 3.81. The Kier molecular flexibility index (Phi) is 8.22. The zero-order valence-corrected chi connectivity index (χ0v) is 24.2. The molecule has 11 nitrogen and oxygen atoms in total. The molecular weight excluding hydrogens is 544 g/mol. The lowest BCUT2D eigenvalue weighted by molar-refractivity contribution is -0.128. The van der Waals surface area contributed by atoms with Gasteiger partial charge in [-0.25, -0.2) is 17.4 Å². The maximum atomic E-state index is 14.2. The van der Waals surface area contributed by atoms with Crippen molar-refractivity contribution in [2.75, 3.05) is 19.0 Å². The number of amides is 2. The summed E-state index contributed by atoms with van der Waals surface area (Å²) in [6.45, 7) is 1.57. The van der Waals surface area contributed by atoms with E-state index in [-0.39, 0.29) is 23.4 Å². The highest BCUT2D eigenvalue weighted by atomic mass is 32.2. The number of furan rings is 1. The van der Waals surface area contributed by atoms with E-state index in [4.69, 9.17) is 4.42 Å². The lowest BCUT2D eigenvalue weighted by Crippen LogP contribution is -2.48. The molecule has 1 fully saturated rings. The molecule has 0 aliphatic heterocycles. The number of nitrogens with one attached hydrogen (secondary N) is 1. The average molecular weight is 579 g/mol. The zero-order valence-electron chi connectivity index (χ0n) is 23.4. The fourth-order valence-electron chi connectivity index (χ4n) is 5.17. The summed E-state index contributed by atoms with van der Waals surface area (Å²) in [7, 11) is -0.798. The van der Waals surface area contributed by atoms with Gasteiger partial charge in [-0.2, -0.15) is 0 Å². The van der Waals surface area contributed by atoms with Gasteiger partial charge in [0, 0.05) is 25.8 Å². The molecule has 12 heteroatoms. The maximum Gasteiger partial charge on any atom is 0.251 e. The summed E-state index contributed by atoms with van der Waals surface area (Å²) >= 11 is 0. The summed E-state index contributed by atoms with van der Waals surface area (Å²) in [5.41, 5.74) is 1.65. The van der Waals surface area contributed by atoms with E-state index in [2.05, 4.69) is 15.6 Å². The first kappa shape index (κ1) is 28.5. The van der Waals surface area contributed by atoms with Crippen LogP contribution < -0.4 is 10.2 Å². The molecule has 1 N–H and O–H groups in total. The Morgan fingerprint density at radius 2 is 1.73 bits per heavy atom. The number of carbonyl (C=O) groups excluding carboxylic acids is 2. The summed E-state index contributed by atoms with van der Waals surface area (Å²) in [4.78, 5) is 29.5. The highest BCUT2D eigenvalue weighted by Crippen LogP contribution is 2.32. The van der Waals surface area contributed by atoms with Crippen LogP contribution in [0.2, 0.25) is 0 Å². The number of aryl methyl sites for hydroxylation is 1. The minimum atomic E-state index is -3.70. The molecule has 0 radical (unpaired) electrons. The standard InChI is InChI=1S/C29H34N6O5S/c1-20-13-18-26(40-20)28(29(37)30-21-9-5-4-6-10-21)35(22-14-16-23(17-15-22)41(38,39)33(2)3)27(36)19-34-25-12-8-7-11-24(25)31-32-34/h7-8,11-18,21,28H,4-6,9-10,19H2,1-3H3,(H,30,37)/t28-/m0/s1. The predicted molar refractivity (Wildman–Crippen MR) is 154 cm³/mol. The lowest BCUT2D eigenvalue weighted by atomic mass is 9.95. The molecule has 41 heavy (non-hydrogen) atoms. The third kappa shape index (κ3) is 6.03. The number of sulfonamides is 1. The van der Waals surface area contributed by atoms with Crippen molar-refractivity contribution in [3.8, 4) is 0 Å². The Hall–Kier alpha value is -4.03. The van der Waals surface area contributed by atoms with Crippen LogP contribution in [0.3, 0.4) is 0 Å². The number of fused-ring (bicyclic) bond motifs is 1. The van der Waals surface area contributed by atoms with E-state index in [0.717, 1.165) is 36.4 Å². The highest BCUT2D eigenvalue weighted by molar-refractivity contribution is 7.89. The quantitative estimate of drug-likeness (QED) is 0.320.